The van der Waals surface area contributed by atoms with E-state index < -0.39 is 22.2 Å². The third-order valence-electron chi connectivity index (χ3n) is 2.82. The maximum atomic E-state index is 13.9. The molecule has 110 valence electrons. The molecular formula is C14H12F2N2O3. The van der Waals surface area contributed by atoms with Gasteiger partial charge in [-0.1, -0.05) is 6.07 Å². The molecule has 0 aliphatic heterocycles. The average molecular weight is 294 g/mol. The molecule has 2 rings (SSSR count). The third kappa shape index (κ3) is 3.32. The molecule has 0 radical (unpaired) electrons. The van der Waals surface area contributed by atoms with Gasteiger partial charge in [-0.05, 0) is 36.8 Å². The van der Waals surface area contributed by atoms with Crippen molar-refractivity contribution >= 4 is 5.69 Å². The summed E-state index contributed by atoms with van der Waals surface area (Å²) in [6, 6.07) is 6.50. The van der Waals surface area contributed by atoms with E-state index >= 15 is 0 Å². The minimum Gasteiger partial charge on any atom is -0.447 e. The molecule has 0 bridgehead atoms. The summed E-state index contributed by atoms with van der Waals surface area (Å²) in [4.78, 5) is 10.0. The molecule has 0 aromatic heterocycles. The van der Waals surface area contributed by atoms with Gasteiger partial charge >= 0.3 is 5.69 Å². The maximum absolute atomic E-state index is 13.9. The lowest BCUT2D eigenvalue weighted by atomic mass is 10.1. The minimum absolute atomic E-state index is 0.200. The lowest BCUT2D eigenvalue weighted by Gasteiger charge is -2.10. The van der Waals surface area contributed by atoms with Crippen molar-refractivity contribution in [3.63, 3.8) is 0 Å². The first-order valence-electron chi connectivity index (χ1n) is 6.05. The van der Waals surface area contributed by atoms with E-state index in [1.807, 2.05) is 0 Å². The van der Waals surface area contributed by atoms with Gasteiger partial charge in [-0.15, -0.1) is 0 Å². The van der Waals surface area contributed by atoms with Crippen molar-refractivity contribution in [3.8, 4) is 11.5 Å². The van der Waals surface area contributed by atoms with E-state index in [2.05, 4.69) is 0 Å². The normalized spacial score (nSPS) is 12.0. The van der Waals surface area contributed by atoms with Gasteiger partial charge in [-0.3, -0.25) is 10.1 Å². The summed E-state index contributed by atoms with van der Waals surface area (Å²) >= 11 is 0. The van der Waals surface area contributed by atoms with Crippen molar-refractivity contribution in [2.24, 2.45) is 5.73 Å². The summed E-state index contributed by atoms with van der Waals surface area (Å²) in [6.45, 7) is 1.69. The van der Waals surface area contributed by atoms with Crippen LogP contribution in [0.25, 0.3) is 0 Å². The topological polar surface area (TPSA) is 78.4 Å². The molecule has 0 unspecified atom stereocenters. The average Bonchev–Trinajstić information content (AvgIpc) is 2.42. The standard InChI is InChI=1S/C14H12F2N2O3/c1-8(17)9-2-4-13(11(16)6-9)21-14-5-3-10(15)7-12(14)18(19)20/h2-8H,17H2,1H3/t8-/m0/s1. The Hall–Kier alpha value is -2.54. The third-order valence-corrected chi connectivity index (χ3v) is 2.82. The molecule has 1 atom stereocenters. The molecular weight excluding hydrogens is 282 g/mol. The van der Waals surface area contributed by atoms with Gasteiger partial charge in [0, 0.05) is 6.04 Å². The van der Waals surface area contributed by atoms with Crippen LogP contribution < -0.4 is 10.5 Å². The number of halogens is 2. The number of nitro benzene ring substituents is 1. The van der Waals surface area contributed by atoms with Crippen LogP contribution in [0.2, 0.25) is 0 Å². The first kappa shape index (κ1) is 14.9. The van der Waals surface area contributed by atoms with Crippen molar-refractivity contribution in [1.82, 2.24) is 0 Å². The first-order chi connectivity index (χ1) is 9.88. The quantitative estimate of drug-likeness (QED) is 0.689. The number of hydrogen-bond donors (Lipinski definition) is 1. The number of ether oxygens (including phenoxy) is 1. The molecule has 5 nitrogen and oxygen atoms in total. The number of rotatable bonds is 4. The van der Waals surface area contributed by atoms with Crippen LogP contribution in [0.4, 0.5) is 14.5 Å². The zero-order valence-corrected chi connectivity index (χ0v) is 11.0. The molecule has 7 heteroatoms. The highest BCUT2D eigenvalue weighted by Crippen LogP contribution is 2.33. The first-order valence-corrected chi connectivity index (χ1v) is 6.05. The van der Waals surface area contributed by atoms with Gasteiger partial charge in [0.15, 0.2) is 11.6 Å². The summed E-state index contributed by atoms with van der Waals surface area (Å²) in [5, 5.41) is 10.8. The Morgan fingerprint density at radius 3 is 2.43 bits per heavy atom. The van der Waals surface area contributed by atoms with E-state index in [-0.39, 0.29) is 17.5 Å². The van der Waals surface area contributed by atoms with Gasteiger partial charge in [0.05, 0.1) is 11.0 Å². The van der Waals surface area contributed by atoms with Gasteiger partial charge in [-0.2, -0.15) is 0 Å². The molecule has 0 fully saturated rings. The number of nitro groups is 1. The van der Waals surface area contributed by atoms with Crippen LogP contribution >= 0.6 is 0 Å². The number of nitrogens with zero attached hydrogens (tertiary/aromatic N) is 1. The van der Waals surface area contributed by atoms with Crippen molar-refractivity contribution in [3.05, 3.63) is 63.7 Å². The summed E-state index contributed by atoms with van der Waals surface area (Å²) in [6.07, 6.45) is 0. The fourth-order valence-electron chi connectivity index (χ4n) is 1.72. The van der Waals surface area contributed by atoms with E-state index in [1.54, 1.807) is 13.0 Å². The Morgan fingerprint density at radius 2 is 1.86 bits per heavy atom. The Bertz CT molecular complexity index is 690. The van der Waals surface area contributed by atoms with Crippen molar-refractivity contribution in [2.75, 3.05) is 0 Å². The van der Waals surface area contributed by atoms with Gasteiger partial charge in [0.2, 0.25) is 5.75 Å². The highest BCUT2D eigenvalue weighted by atomic mass is 19.1. The van der Waals surface area contributed by atoms with Crippen molar-refractivity contribution in [2.45, 2.75) is 13.0 Å². The zero-order valence-electron chi connectivity index (χ0n) is 11.0. The maximum Gasteiger partial charge on any atom is 0.314 e. The monoisotopic (exact) mass is 294 g/mol. The van der Waals surface area contributed by atoms with E-state index in [0.717, 1.165) is 12.1 Å². The number of nitrogens with two attached hydrogens (primary N) is 1. The second-order valence-electron chi connectivity index (χ2n) is 4.45. The summed E-state index contributed by atoms with van der Waals surface area (Å²) < 4.78 is 32.1. The van der Waals surface area contributed by atoms with Crippen molar-refractivity contribution in [1.29, 1.82) is 0 Å². The molecule has 2 aromatic rings. The van der Waals surface area contributed by atoms with Crippen LogP contribution in [0, 0.1) is 21.7 Å². The predicted octanol–water partition coefficient (Wildman–Crippen LogP) is 3.69. The molecule has 21 heavy (non-hydrogen) atoms. The number of hydrogen-bond acceptors (Lipinski definition) is 4. The Labute approximate surface area is 119 Å². The molecule has 2 N–H and O–H groups in total. The van der Waals surface area contributed by atoms with Gasteiger partial charge < -0.3 is 10.5 Å². The molecule has 0 amide bonds. The van der Waals surface area contributed by atoms with Crippen LogP contribution in [0.15, 0.2) is 36.4 Å². The molecule has 0 heterocycles. The van der Waals surface area contributed by atoms with E-state index in [4.69, 9.17) is 10.5 Å². The number of benzene rings is 2. The SMILES string of the molecule is C[C@H](N)c1ccc(Oc2ccc(F)cc2[N+](=O)[O-])c(F)c1. The van der Waals surface area contributed by atoms with Crippen LogP contribution in [-0.2, 0) is 0 Å². The summed E-state index contributed by atoms with van der Waals surface area (Å²) in [7, 11) is 0. The minimum atomic E-state index is -0.799. The predicted molar refractivity (Wildman–Crippen MR) is 72.1 cm³/mol. The van der Waals surface area contributed by atoms with Crippen LogP contribution in [-0.4, -0.2) is 4.92 Å². The second kappa shape index (κ2) is 5.84. The van der Waals surface area contributed by atoms with Gasteiger partial charge in [0.25, 0.3) is 0 Å². The molecule has 2 aromatic carbocycles. The highest BCUT2D eigenvalue weighted by molar-refractivity contribution is 5.49. The fourth-order valence-corrected chi connectivity index (χ4v) is 1.72. The van der Waals surface area contributed by atoms with E-state index in [9.17, 15) is 18.9 Å². The summed E-state index contributed by atoms with van der Waals surface area (Å²) in [5.74, 6) is -1.92. The van der Waals surface area contributed by atoms with E-state index in [1.165, 1.54) is 12.1 Å². The molecule has 0 aliphatic rings. The molecule has 0 aliphatic carbocycles. The Kier molecular flexibility index (Phi) is 4.13. The van der Waals surface area contributed by atoms with Gasteiger partial charge in [-0.25, -0.2) is 8.78 Å². The second-order valence-corrected chi connectivity index (χ2v) is 4.45. The Morgan fingerprint density at radius 1 is 1.19 bits per heavy atom. The highest BCUT2D eigenvalue weighted by Gasteiger charge is 2.18. The van der Waals surface area contributed by atoms with Crippen molar-refractivity contribution < 1.29 is 18.4 Å². The van der Waals surface area contributed by atoms with Crippen LogP contribution in [0.1, 0.15) is 18.5 Å². The Balaban J connectivity index is 2.37. The lowest BCUT2D eigenvalue weighted by Crippen LogP contribution is -2.05. The zero-order chi connectivity index (χ0) is 15.6. The molecule has 0 saturated heterocycles. The van der Waals surface area contributed by atoms with E-state index in [0.29, 0.717) is 11.6 Å². The molecule has 0 spiro atoms. The van der Waals surface area contributed by atoms with Gasteiger partial charge in [0.1, 0.15) is 5.82 Å². The van der Waals surface area contributed by atoms with Crippen LogP contribution in [0.5, 0.6) is 11.5 Å². The summed E-state index contributed by atoms with van der Waals surface area (Å²) in [5.41, 5.74) is 5.61. The lowest BCUT2D eigenvalue weighted by molar-refractivity contribution is -0.385. The molecule has 0 saturated carbocycles. The largest absolute Gasteiger partial charge is 0.447 e. The smallest absolute Gasteiger partial charge is 0.314 e. The van der Waals surface area contributed by atoms with Crippen LogP contribution in [0.3, 0.4) is 0 Å². The fraction of sp³-hybridized carbons (Fsp3) is 0.143.